The fraction of sp³-hybridized carbons (Fsp3) is 0.591. The first-order valence-corrected chi connectivity index (χ1v) is 10.6. The molecule has 0 spiro atoms. The lowest BCUT2D eigenvalue weighted by Gasteiger charge is -2.24. The molecule has 1 saturated heterocycles. The Morgan fingerprint density at radius 1 is 1.16 bits per heavy atom. The van der Waals surface area contributed by atoms with Crippen molar-refractivity contribution in [1.82, 2.24) is 10.6 Å². The van der Waals surface area contributed by atoms with Gasteiger partial charge in [-0.1, -0.05) is 26.8 Å². The van der Waals surface area contributed by atoms with Gasteiger partial charge in [-0.25, -0.2) is 0 Å². The molecule has 2 amide bonds. The van der Waals surface area contributed by atoms with E-state index in [0.29, 0.717) is 12.0 Å². The summed E-state index contributed by atoms with van der Waals surface area (Å²) in [6.45, 7) is 5.61. The molecule has 1 aliphatic heterocycles. The SMILES string of the molecule is CCCNc1cccc(C(=O)NC(CO)C(=O)NC(CC(C)C)C(=O)C2(CO)CO2)c1. The lowest BCUT2D eigenvalue weighted by molar-refractivity contribution is -0.133. The molecule has 1 fully saturated rings. The fourth-order valence-corrected chi connectivity index (χ4v) is 3.17. The number of benzene rings is 1. The molecule has 1 aromatic carbocycles. The van der Waals surface area contributed by atoms with Crippen LogP contribution in [0.4, 0.5) is 5.69 Å². The smallest absolute Gasteiger partial charge is 0.252 e. The van der Waals surface area contributed by atoms with Gasteiger partial charge in [0.25, 0.3) is 5.91 Å². The largest absolute Gasteiger partial charge is 0.394 e. The van der Waals surface area contributed by atoms with Crippen molar-refractivity contribution in [3.05, 3.63) is 29.8 Å². The molecular formula is C22H33N3O6. The van der Waals surface area contributed by atoms with Gasteiger partial charge >= 0.3 is 0 Å². The summed E-state index contributed by atoms with van der Waals surface area (Å²) in [7, 11) is 0. The number of ether oxygens (including phenoxy) is 1. The van der Waals surface area contributed by atoms with E-state index in [1.54, 1.807) is 18.2 Å². The number of ketones is 1. The van der Waals surface area contributed by atoms with Crippen molar-refractivity contribution in [3.63, 3.8) is 0 Å². The second kappa shape index (κ2) is 11.2. The van der Waals surface area contributed by atoms with Crippen molar-refractivity contribution >= 4 is 23.3 Å². The monoisotopic (exact) mass is 435 g/mol. The Morgan fingerprint density at radius 3 is 2.42 bits per heavy atom. The van der Waals surface area contributed by atoms with Crippen LogP contribution in [0.15, 0.2) is 24.3 Å². The second-order valence-electron chi connectivity index (χ2n) is 8.21. The number of hydrogen-bond acceptors (Lipinski definition) is 7. The Balaban J connectivity index is 2.05. The Morgan fingerprint density at radius 2 is 1.87 bits per heavy atom. The van der Waals surface area contributed by atoms with E-state index in [2.05, 4.69) is 16.0 Å². The van der Waals surface area contributed by atoms with Crippen molar-refractivity contribution in [2.24, 2.45) is 5.92 Å². The van der Waals surface area contributed by atoms with Crippen molar-refractivity contribution in [2.75, 3.05) is 31.7 Å². The molecule has 5 N–H and O–H groups in total. The first-order chi connectivity index (χ1) is 14.8. The number of rotatable bonds is 13. The van der Waals surface area contributed by atoms with E-state index in [1.165, 1.54) is 0 Å². The third-order valence-corrected chi connectivity index (χ3v) is 5.05. The van der Waals surface area contributed by atoms with E-state index in [1.807, 2.05) is 26.8 Å². The maximum atomic E-state index is 12.8. The third kappa shape index (κ3) is 6.75. The molecule has 1 heterocycles. The van der Waals surface area contributed by atoms with Gasteiger partial charge in [-0.2, -0.15) is 0 Å². The first-order valence-electron chi connectivity index (χ1n) is 10.6. The van der Waals surface area contributed by atoms with Crippen molar-refractivity contribution in [1.29, 1.82) is 0 Å². The average molecular weight is 436 g/mol. The maximum absolute atomic E-state index is 12.8. The van der Waals surface area contributed by atoms with Crippen LogP contribution in [-0.4, -0.2) is 71.9 Å². The Kier molecular flexibility index (Phi) is 8.97. The zero-order valence-corrected chi connectivity index (χ0v) is 18.3. The van der Waals surface area contributed by atoms with Gasteiger partial charge in [0.2, 0.25) is 5.91 Å². The second-order valence-corrected chi connectivity index (χ2v) is 8.21. The predicted molar refractivity (Wildman–Crippen MR) is 116 cm³/mol. The van der Waals surface area contributed by atoms with Crippen molar-refractivity contribution < 1.29 is 29.3 Å². The van der Waals surface area contributed by atoms with Crippen LogP contribution in [0.25, 0.3) is 0 Å². The number of carbonyl (C=O) groups excluding carboxylic acids is 3. The normalized spacial score (nSPS) is 19.4. The number of amides is 2. The molecule has 0 aliphatic carbocycles. The van der Waals surface area contributed by atoms with Crippen LogP contribution in [0.5, 0.6) is 0 Å². The number of aliphatic hydroxyl groups is 2. The third-order valence-electron chi connectivity index (χ3n) is 5.05. The van der Waals surface area contributed by atoms with Crippen LogP contribution in [0.2, 0.25) is 0 Å². The molecule has 9 heteroatoms. The summed E-state index contributed by atoms with van der Waals surface area (Å²) in [4.78, 5) is 38.1. The molecule has 2 rings (SSSR count). The zero-order chi connectivity index (χ0) is 23.0. The van der Waals surface area contributed by atoms with Gasteiger partial charge in [-0.3, -0.25) is 14.4 Å². The number of epoxide rings is 1. The van der Waals surface area contributed by atoms with E-state index in [9.17, 15) is 24.6 Å². The van der Waals surface area contributed by atoms with Crippen molar-refractivity contribution in [2.45, 2.75) is 51.3 Å². The highest BCUT2D eigenvalue weighted by atomic mass is 16.6. The molecule has 0 radical (unpaired) electrons. The number of Topliss-reactive ketones (excluding diaryl/α,β-unsaturated/α-hetero) is 1. The topological polar surface area (TPSA) is 140 Å². The van der Waals surface area contributed by atoms with Gasteiger partial charge < -0.3 is 30.9 Å². The Bertz CT molecular complexity index is 778. The van der Waals surface area contributed by atoms with E-state index < -0.39 is 48.5 Å². The lowest BCUT2D eigenvalue weighted by atomic mass is 9.92. The lowest BCUT2D eigenvalue weighted by Crippen LogP contribution is -2.55. The highest BCUT2D eigenvalue weighted by molar-refractivity contribution is 6.00. The number of carbonyl (C=O) groups is 3. The van der Waals surface area contributed by atoms with Gasteiger partial charge in [0.15, 0.2) is 11.4 Å². The summed E-state index contributed by atoms with van der Waals surface area (Å²) in [6.07, 6.45) is 1.27. The van der Waals surface area contributed by atoms with Gasteiger partial charge in [-0.15, -0.1) is 0 Å². The number of hydrogen-bond donors (Lipinski definition) is 5. The highest BCUT2D eigenvalue weighted by Crippen LogP contribution is 2.30. The van der Waals surface area contributed by atoms with Crippen LogP contribution in [-0.2, 0) is 14.3 Å². The first kappa shape index (κ1) is 24.8. The van der Waals surface area contributed by atoms with Gasteiger partial charge in [0.1, 0.15) is 6.04 Å². The minimum atomic E-state index is -1.27. The highest BCUT2D eigenvalue weighted by Gasteiger charge is 2.54. The predicted octanol–water partition coefficient (Wildman–Crippen LogP) is 0.461. The number of anilines is 1. The van der Waals surface area contributed by atoms with Gasteiger partial charge in [0.05, 0.1) is 25.9 Å². The summed E-state index contributed by atoms with van der Waals surface area (Å²) in [5, 5.41) is 27.4. The fourth-order valence-electron chi connectivity index (χ4n) is 3.17. The summed E-state index contributed by atoms with van der Waals surface area (Å²) < 4.78 is 5.12. The molecule has 3 unspecified atom stereocenters. The standard InChI is InChI=1S/C22H33N3O6/c1-4-8-23-16-7-5-6-15(10-16)20(29)25-18(11-26)21(30)24-17(9-14(2)3)19(28)22(12-27)13-31-22/h5-7,10,14,17-18,23,26-27H,4,8-9,11-13H2,1-3H3,(H,24,30)(H,25,29). The van der Waals surface area contributed by atoms with E-state index in [4.69, 9.17) is 4.74 Å². The molecule has 1 aromatic rings. The van der Waals surface area contributed by atoms with Crippen LogP contribution in [0, 0.1) is 5.92 Å². The number of nitrogens with one attached hydrogen (secondary N) is 3. The molecule has 1 aliphatic rings. The summed E-state index contributed by atoms with van der Waals surface area (Å²) in [5.41, 5.74) is -0.148. The summed E-state index contributed by atoms with van der Waals surface area (Å²) >= 11 is 0. The Labute approximate surface area is 182 Å². The van der Waals surface area contributed by atoms with Crippen LogP contribution >= 0.6 is 0 Å². The maximum Gasteiger partial charge on any atom is 0.252 e. The molecule has 172 valence electrons. The zero-order valence-electron chi connectivity index (χ0n) is 18.3. The average Bonchev–Trinajstić information content (AvgIpc) is 3.56. The quantitative estimate of drug-likeness (QED) is 0.284. The van der Waals surface area contributed by atoms with E-state index in [0.717, 1.165) is 18.7 Å². The summed E-state index contributed by atoms with van der Waals surface area (Å²) in [6, 6.07) is 4.71. The molecular weight excluding hydrogens is 402 g/mol. The summed E-state index contributed by atoms with van der Waals surface area (Å²) in [5.74, 6) is -1.51. The minimum Gasteiger partial charge on any atom is -0.394 e. The van der Waals surface area contributed by atoms with Crippen LogP contribution in [0.1, 0.15) is 44.0 Å². The molecule has 0 saturated carbocycles. The Hall–Kier alpha value is -2.49. The van der Waals surface area contributed by atoms with Crippen LogP contribution < -0.4 is 16.0 Å². The van der Waals surface area contributed by atoms with Gasteiger partial charge in [0, 0.05) is 17.8 Å². The van der Waals surface area contributed by atoms with Crippen molar-refractivity contribution in [3.8, 4) is 0 Å². The van der Waals surface area contributed by atoms with Gasteiger partial charge in [-0.05, 0) is 37.0 Å². The molecule has 0 bridgehead atoms. The molecule has 9 nitrogen and oxygen atoms in total. The molecule has 31 heavy (non-hydrogen) atoms. The minimum absolute atomic E-state index is 0.0873. The molecule has 0 aromatic heterocycles. The van der Waals surface area contributed by atoms with Crippen LogP contribution in [0.3, 0.4) is 0 Å². The van der Waals surface area contributed by atoms with E-state index in [-0.39, 0.29) is 12.5 Å². The van der Waals surface area contributed by atoms with E-state index >= 15 is 0 Å². The number of aliphatic hydroxyl groups excluding tert-OH is 2. The molecule has 3 atom stereocenters.